The van der Waals surface area contributed by atoms with E-state index < -0.39 is 0 Å². The number of nitrogens with two attached hydrogens (primary N) is 1. The number of fused-ring (bicyclic) bond motifs is 1. The zero-order valence-electron chi connectivity index (χ0n) is 8.07. The molecule has 0 saturated carbocycles. The van der Waals surface area contributed by atoms with Crippen molar-refractivity contribution in [3.05, 3.63) is 23.7 Å². The maximum Gasteiger partial charge on any atom is 0.159 e. The number of hydrogen-bond acceptors (Lipinski definition) is 3. The quantitative estimate of drug-likeness (QED) is 0.508. The molecule has 2 rings (SSSR count). The van der Waals surface area contributed by atoms with Crippen molar-refractivity contribution in [3.8, 4) is 0 Å². The number of nitrogen functional groups attached to an aromatic ring is 1. The molecule has 0 aliphatic rings. The van der Waals surface area contributed by atoms with Crippen LogP contribution in [0.1, 0.15) is 11.4 Å². The second kappa shape index (κ2) is 2.80. The van der Waals surface area contributed by atoms with Gasteiger partial charge in [-0.15, -0.1) is 0 Å². The second-order valence-electron chi connectivity index (χ2n) is 3.20. The number of hydrogen-bond donors (Lipinski definition) is 2. The molecule has 5 heteroatoms. The summed E-state index contributed by atoms with van der Waals surface area (Å²) in [5.74, 6) is 0.913. The van der Waals surface area contributed by atoms with E-state index in [9.17, 15) is 0 Å². The third-order valence-electron chi connectivity index (χ3n) is 2.24. The highest BCUT2D eigenvalue weighted by atomic mass is 15.1. The molecule has 2 aromatic heterocycles. The minimum Gasteiger partial charge on any atom is -0.384 e. The molecule has 5 nitrogen and oxygen atoms in total. The van der Waals surface area contributed by atoms with Crippen LogP contribution in [0.5, 0.6) is 0 Å². The number of imidazole rings is 1. The van der Waals surface area contributed by atoms with E-state index in [-0.39, 0.29) is 5.84 Å². The Labute approximate surface area is 81.1 Å². The Bertz CT molecular complexity index is 511. The van der Waals surface area contributed by atoms with Gasteiger partial charge in [-0.05, 0) is 13.0 Å². The van der Waals surface area contributed by atoms with Crippen molar-refractivity contribution in [3.63, 3.8) is 0 Å². The topological polar surface area (TPSA) is 80.6 Å². The van der Waals surface area contributed by atoms with Gasteiger partial charge in [0.25, 0.3) is 0 Å². The van der Waals surface area contributed by atoms with E-state index in [0.29, 0.717) is 5.56 Å². The molecule has 72 valence electrons. The van der Waals surface area contributed by atoms with Crippen LogP contribution in [0.4, 0.5) is 0 Å². The van der Waals surface area contributed by atoms with E-state index in [1.807, 2.05) is 18.5 Å². The van der Waals surface area contributed by atoms with E-state index >= 15 is 0 Å². The van der Waals surface area contributed by atoms with Crippen LogP contribution in [0.15, 0.2) is 12.3 Å². The number of pyridine rings is 1. The first-order chi connectivity index (χ1) is 6.59. The second-order valence-corrected chi connectivity index (χ2v) is 3.20. The van der Waals surface area contributed by atoms with Crippen LogP contribution in [0.2, 0.25) is 0 Å². The highest BCUT2D eigenvalue weighted by molar-refractivity contribution is 5.96. The summed E-state index contributed by atoms with van der Waals surface area (Å²) in [6, 6.07) is 1.78. The first kappa shape index (κ1) is 8.68. The Morgan fingerprint density at radius 1 is 1.57 bits per heavy atom. The van der Waals surface area contributed by atoms with Gasteiger partial charge in [0.15, 0.2) is 5.65 Å². The number of amidine groups is 1. The number of nitrogens with one attached hydrogen (secondary N) is 1. The standard InChI is InChI=1S/C9H11N5/c1-5-13-7-3-6(8(10)11)4-12-9(7)14(5)2/h3-4H,1-2H3,(H3,10,11). The minimum atomic E-state index is 0.0164. The lowest BCUT2D eigenvalue weighted by molar-refractivity contribution is 0.874. The molecule has 0 amide bonds. The van der Waals surface area contributed by atoms with Crippen LogP contribution in [-0.4, -0.2) is 20.4 Å². The smallest absolute Gasteiger partial charge is 0.159 e. The summed E-state index contributed by atoms with van der Waals surface area (Å²) >= 11 is 0. The monoisotopic (exact) mass is 189 g/mol. The molecule has 2 heterocycles. The van der Waals surface area contributed by atoms with Gasteiger partial charge in [-0.3, -0.25) is 5.41 Å². The van der Waals surface area contributed by atoms with Crippen LogP contribution in [0.25, 0.3) is 11.2 Å². The fourth-order valence-electron chi connectivity index (χ4n) is 1.34. The molecule has 2 aromatic rings. The Hall–Kier alpha value is -1.91. The summed E-state index contributed by atoms with van der Waals surface area (Å²) in [7, 11) is 1.91. The average Bonchev–Trinajstić information content (AvgIpc) is 2.42. The van der Waals surface area contributed by atoms with Gasteiger partial charge >= 0.3 is 0 Å². The predicted octanol–water partition coefficient (Wildman–Crippen LogP) is 0.561. The molecule has 0 unspecified atom stereocenters. The largest absolute Gasteiger partial charge is 0.384 e. The zero-order valence-corrected chi connectivity index (χ0v) is 8.07. The summed E-state index contributed by atoms with van der Waals surface area (Å²) < 4.78 is 1.90. The van der Waals surface area contributed by atoms with Crippen molar-refractivity contribution in [1.82, 2.24) is 14.5 Å². The normalized spacial score (nSPS) is 10.7. The van der Waals surface area contributed by atoms with Crippen LogP contribution >= 0.6 is 0 Å². The number of aromatic nitrogens is 3. The maximum atomic E-state index is 7.27. The molecule has 14 heavy (non-hydrogen) atoms. The SMILES string of the molecule is Cc1nc2cc(C(=N)N)cnc2n1C. The van der Waals surface area contributed by atoms with Crippen LogP contribution in [0, 0.1) is 12.3 Å². The molecule has 0 aromatic carbocycles. The molecular weight excluding hydrogens is 178 g/mol. The highest BCUT2D eigenvalue weighted by Crippen LogP contribution is 2.12. The lowest BCUT2D eigenvalue weighted by Gasteiger charge is -1.97. The Morgan fingerprint density at radius 2 is 2.29 bits per heavy atom. The van der Waals surface area contributed by atoms with Crippen molar-refractivity contribution in [2.75, 3.05) is 0 Å². The lowest BCUT2D eigenvalue weighted by atomic mass is 10.2. The first-order valence-electron chi connectivity index (χ1n) is 4.23. The van der Waals surface area contributed by atoms with Gasteiger partial charge in [0.1, 0.15) is 17.2 Å². The van der Waals surface area contributed by atoms with Gasteiger partial charge in [0.05, 0.1) is 0 Å². The summed E-state index contributed by atoms with van der Waals surface area (Å²) in [6.45, 7) is 1.91. The van der Waals surface area contributed by atoms with Crippen LogP contribution < -0.4 is 5.73 Å². The highest BCUT2D eigenvalue weighted by Gasteiger charge is 2.06. The maximum absolute atomic E-state index is 7.27. The van der Waals surface area contributed by atoms with E-state index in [0.717, 1.165) is 17.0 Å². The first-order valence-corrected chi connectivity index (χ1v) is 4.23. The van der Waals surface area contributed by atoms with Crippen LogP contribution in [-0.2, 0) is 7.05 Å². The lowest BCUT2D eigenvalue weighted by Crippen LogP contribution is -2.11. The van der Waals surface area contributed by atoms with Crippen molar-refractivity contribution in [2.24, 2.45) is 12.8 Å². The summed E-state index contributed by atoms with van der Waals surface area (Å²) in [5, 5.41) is 7.27. The van der Waals surface area contributed by atoms with Crippen molar-refractivity contribution >= 4 is 17.0 Å². The van der Waals surface area contributed by atoms with Gasteiger partial charge in [-0.2, -0.15) is 0 Å². The number of aryl methyl sites for hydroxylation is 2. The Balaban J connectivity index is 2.73. The summed E-state index contributed by atoms with van der Waals surface area (Å²) in [6.07, 6.45) is 1.59. The predicted molar refractivity (Wildman–Crippen MR) is 54.3 cm³/mol. The average molecular weight is 189 g/mol. The molecule has 3 N–H and O–H groups in total. The van der Waals surface area contributed by atoms with Gasteiger partial charge in [-0.1, -0.05) is 0 Å². The van der Waals surface area contributed by atoms with E-state index in [4.69, 9.17) is 11.1 Å². The zero-order chi connectivity index (χ0) is 10.3. The molecule has 0 aliphatic carbocycles. The minimum absolute atomic E-state index is 0.0164. The third kappa shape index (κ3) is 1.14. The summed E-state index contributed by atoms with van der Waals surface area (Å²) in [5.41, 5.74) is 7.55. The van der Waals surface area contributed by atoms with Crippen LogP contribution in [0.3, 0.4) is 0 Å². The van der Waals surface area contributed by atoms with E-state index in [1.54, 1.807) is 12.3 Å². The van der Waals surface area contributed by atoms with Gasteiger partial charge in [0, 0.05) is 18.8 Å². The summed E-state index contributed by atoms with van der Waals surface area (Å²) in [4.78, 5) is 8.51. The molecule has 0 aliphatic heterocycles. The fourth-order valence-corrected chi connectivity index (χ4v) is 1.34. The molecule has 0 atom stereocenters. The molecular formula is C9H11N5. The molecule has 0 radical (unpaired) electrons. The van der Waals surface area contributed by atoms with Gasteiger partial charge in [0.2, 0.25) is 0 Å². The number of rotatable bonds is 1. The Morgan fingerprint density at radius 3 is 2.93 bits per heavy atom. The molecule has 0 bridgehead atoms. The van der Waals surface area contributed by atoms with Gasteiger partial charge < -0.3 is 10.3 Å². The van der Waals surface area contributed by atoms with Crippen molar-refractivity contribution < 1.29 is 0 Å². The molecule has 0 fully saturated rings. The number of nitrogens with zero attached hydrogens (tertiary/aromatic N) is 3. The van der Waals surface area contributed by atoms with Gasteiger partial charge in [-0.25, -0.2) is 9.97 Å². The molecule has 0 spiro atoms. The fraction of sp³-hybridized carbons (Fsp3) is 0.222. The van der Waals surface area contributed by atoms with E-state index in [1.165, 1.54) is 0 Å². The van der Waals surface area contributed by atoms with Crippen molar-refractivity contribution in [2.45, 2.75) is 6.92 Å². The third-order valence-corrected chi connectivity index (χ3v) is 2.24. The molecule has 0 saturated heterocycles. The Kier molecular flexibility index (Phi) is 1.73. The van der Waals surface area contributed by atoms with E-state index in [2.05, 4.69) is 9.97 Å². The van der Waals surface area contributed by atoms with Crippen molar-refractivity contribution in [1.29, 1.82) is 5.41 Å².